The average Bonchev–Trinajstić information content (AvgIpc) is 1.18. The van der Waals surface area contributed by atoms with Gasteiger partial charge in [-0.25, -0.2) is 0 Å². The fraction of sp³-hybridized carbons (Fsp3) is 0.100. The standard InChI is InChI=1S/2C35H28N2.2C5HF6N2.2Cu/c1-25-10-16-32(17-11-25)37(33-18-12-26(2)13-19-33)34-20-14-27(15-21-34)28-7-5-8-29(22-28)31-23-30-6-3-4-9-35(30)36-24-31;1-25-10-16-32(17-11-25)37(33-18-12-26(2)13-19-33)34-20-14-27(15-21-34)28-8-5-9-30(22-28)35-23-29-6-3-4-7-31(29)24-36-35;2*6-4(7,8)2-1-3(13-12-2)5(9,10)11;;/h2*3-24H,1-2H3;2*1H;;/q;;2*-1;2*+1. The Morgan fingerprint density at radius 3 is 0.971 bits per heavy atom. The van der Waals surface area contributed by atoms with Crippen LogP contribution in [-0.4, -0.2) is 20.2 Å². The molecule has 10 aromatic carbocycles. The van der Waals surface area contributed by atoms with Crippen LogP contribution in [-0.2, 0) is 58.8 Å². The second-order valence-electron chi connectivity index (χ2n) is 23.3. The van der Waals surface area contributed by atoms with E-state index in [1.807, 2.05) is 30.6 Å². The van der Waals surface area contributed by atoms with Gasteiger partial charge in [0.2, 0.25) is 0 Å². The predicted molar refractivity (Wildman–Crippen MR) is 369 cm³/mol. The summed E-state index contributed by atoms with van der Waals surface area (Å²) in [6.45, 7) is 8.49. The number of rotatable bonds is 10. The fourth-order valence-corrected chi connectivity index (χ4v) is 10.6. The van der Waals surface area contributed by atoms with E-state index in [9.17, 15) is 52.7 Å². The number of alkyl halides is 12. The molecule has 0 aliphatic heterocycles. The molecule has 0 aliphatic rings. The Labute approximate surface area is 600 Å². The number of nitrogens with zero attached hydrogens (tertiary/aromatic N) is 8. The number of hydrogen-bond acceptors (Lipinski definition) is 6. The minimum absolute atomic E-state index is 0. The summed E-state index contributed by atoms with van der Waals surface area (Å²) < 4.78 is 141. The monoisotopic (exact) mass is 1480 g/mol. The van der Waals surface area contributed by atoms with E-state index in [1.165, 1.54) is 55.5 Å². The van der Waals surface area contributed by atoms with E-state index in [1.54, 1.807) is 0 Å². The normalized spacial score (nSPS) is 11.4. The molecule has 4 aromatic heterocycles. The molecule has 0 radical (unpaired) electrons. The van der Waals surface area contributed by atoms with Crippen LogP contribution in [0.3, 0.4) is 0 Å². The van der Waals surface area contributed by atoms with Gasteiger partial charge in [0, 0.05) is 68.4 Å². The van der Waals surface area contributed by atoms with E-state index < -0.39 is 47.5 Å². The molecular formula is C80H58Cu2F12N8. The second kappa shape index (κ2) is 32.3. The molecule has 14 aromatic rings. The quantitative estimate of drug-likeness (QED) is 0.0989. The van der Waals surface area contributed by atoms with E-state index >= 15 is 0 Å². The molecule has 102 heavy (non-hydrogen) atoms. The number of aromatic nitrogens is 6. The maximum atomic E-state index is 11.7. The van der Waals surface area contributed by atoms with E-state index in [0.29, 0.717) is 0 Å². The van der Waals surface area contributed by atoms with Crippen LogP contribution in [0.5, 0.6) is 0 Å². The summed E-state index contributed by atoms with van der Waals surface area (Å²) in [5.41, 5.74) is 15.5. The third-order valence-corrected chi connectivity index (χ3v) is 15.9. The van der Waals surface area contributed by atoms with Gasteiger partial charge in [-0.3, -0.25) is 9.97 Å². The van der Waals surface area contributed by atoms with Crippen molar-refractivity contribution in [3.8, 4) is 44.6 Å². The summed E-state index contributed by atoms with van der Waals surface area (Å²) in [5, 5.41) is 13.0. The van der Waals surface area contributed by atoms with Gasteiger partial charge in [-0.1, -0.05) is 174 Å². The molecule has 14 rings (SSSR count). The zero-order valence-corrected chi connectivity index (χ0v) is 56.2. The van der Waals surface area contributed by atoms with Crippen molar-refractivity contribution >= 4 is 55.8 Å². The van der Waals surface area contributed by atoms with Crippen LogP contribution in [0.4, 0.5) is 86.8 Å². The van der Waals surface area contributed by atoms with Crippen LogP contribution in [0, 0.1) is 27.7 Å². The van der Waals surface area contributed by atoms with Crippen molar-refractivity contribution in [3.63, 3.8) is 0 Å². The number of pyridine rings is 2. The van der Waals surface area contributed by atoms with Gasteiger partial charge < -0.3 is 30.2 Å². The topological polar surface area (TPSA) is 86.2 Å². The van der Waals surface area contributed by atoms with E-state index in [4.69, 9.17) is 4.98 Å². The van der Waals surface area contributed by atoms with E-state index in [0.717, 1.165) is 67.2 Å². The molecule has 0 atom stereocenters. The van der Waals surface area contributed by atoms with Crippen LogP contribution in [0.2, 0.25) is 0 Å². The third kappa shape index (κ3) is 19.0. The molecule has 0 aliphatic carbocycles. The van der Waals surface area contributed by atoms with E-state index in [-0.39, 0.29) is 46.3 Å². The number of anilines is 6. The molecule has 0 bridgehead atoms. The van der Waals surface area contributed by atoms with Crippen molar-refractivity contribution in [2.75, 3.05) is 9.80 Å². The first-order valence-corrected chi connectivity index (χ1v) is 31.0. The summed E-state index contributed by atoms with van der Waals surface area (Å²) in [4.78, 5) is 14.0. The van der Waals surface area contributed by atoms with Crippen LogP contribution in [0.25, 0.3) is 66.3 Å². The second-order valence-corrected chi connectivity index (χ2v) is 23.3. The summed E-state index contributed by atoms with van der Waals surface area (Å²) >= 11 is 0. The summed E-state index contributed by atoms with van der Waals surface area (Å²) in [5.74, 6) is 0. The van der Waals surface area contributed by atoms with Gasteiger partial charge >= 0.3 is 58.8 Å². The maximum Gasteiger partial charge on any atom is 1.00 e. The first kappa shape index (κ1) is 75.4. The first-order chi connectivity index (χ1) is 47.7. The molecule has 0 amide bonds. The third-order valence-electron chi connectivity index (χ3n) is 15.9. The van der Waals surface area contributed by atoms with Crippen molar-refractivity contribution in [3.05, 3.63) is 324 Å². The Morgan fingerprint density at radius 2 is 0.608 bits per heavy atom. The van der Waals surface area contributed by atoms with Crippen LogP contribution in [0.1, 0.15) is 45.0 Å². The largest absolute Gasteiger partial charge is 1.00 e. The zero-order chi connectivity index (χ0) is 70.9. The van der Waals surface area contributed by atoms with Crippen LogP contribution >= 0.6 is 0 Å². The molecule has 0 unspecified atom stereocenters. The Bertz CT molecular complexity index is 4590. The van der Waals surface area contributed by atoms with Gasteiger partial charge in [0.15, 0.2) is 0 Å². The molecule has 0 saturated heterocycles. The molecule has 0 saturated carbocycles. The smallest absolute Gasteiger partial charge is 0.571 e. The first-order valence-electron chi connectivity index (χ1n) is 31.0. The Kier molecular flexibility index (Phi) is 23.9. The number of benzene rings is 10. The molecule has 8 nitrogen and oxygen atoms in total. The number of fused-ring (bicyclic) bond motifs is 2. The summed E-state index contributed by atoms with van der Waals surface area (Å²) in [6.07, 6.45) is -15.7. The van der Waals surface area contributed by atoms with Gasteiger partial charge in [0.1, 0.15) is 11.4 Å². The number of aryl methyl sites for hydroxylation is 4. The molecule has 0 spiro atoms. The van der Waals surface area contributed by atoms with Gasteiger partial charge in [-0.15, -0.1) is 0 Å². The minimum Gasteiger partial charge on any atom is -0.571 e. The molecule has 22 heteroatoms. The van der Waals surface area contributed by atoms with Crippen molar-refractivity contribution in [2.45, 2.75) is 52.4 Å². The molecule has 0 N–H and O–H groups in total. The van der Waals surface area contributed by atoms with Crippen LogP contribution in [0.15, 0.2) is 279 Å². The predicted octanol–water partition coefficient (Wildman–Crippen LogP) is 23.5. The van der Waals surface area contributed by atoms with Crippen molar-refractivity contribution < 1.29 is 86.8 Å². The van der Waals surface area contributed by atoms with Gasteiger partial charge in [0.05, 0.1) is 11.2 Å². The minimum atomic E-state index is -4.89. The van der Waals surface area contributed by atoms with Crippen molar-refractivity contribution in [2.24, 2.45) is 0 Å². The average molecular weight is 1490 g/mol. The van der Waals surface area contributed by atoms with Gasteiger partial charge in [-0.05, 0) is 188 Å². The Hall–Kier alpha value is -10.8. The summed E-state index contributed by atoms with van der Waals surface area (Å²) in [7, 11) is 0. The van der Waals surface area contributed by atoms with Crippen molar-refractivity contribution in [1.29, 1.82) is 0 Å². The number of para-hydroxylation sites is 1. The van der Waals surface area contributed by atoms with E-state index in [2.05, 4.69) is 299 Å². The number of hydrogen-bond donors (Lipinski definition) is 0. The molecule has 0 fully saturated rings. The van der Waals surface area contributed by atoms with Gasteiger partial charge in [-0.2, -0.15) is 52.7 Å². The summed E-state index contributed by atoms with van der Waals surface area (Å²) in [6, 6.07) is 90.5. The van der Waals surface area contributed by atoms with Crippen LogP contribution < -0.4 is 20.0 Å². The molecule has 4 heterocycles. The Balaban J connectivity index is 0.000000174. The van der Waals surface area contributed by atoms with Crippen molar-refractivity contribution in [1.82, 2.24) is 30.4 Å². The SMILES string of the molecule is Cc1ccc(N(c2ccc(C)cc2)c2ccc(-c3cccc(-c4cc5ccccc5cn4)c3)cc2)cc1.Cc1ccc(N(c2ccc(C)cc2)c2ccc(-c3cccc(-c4cnc5ccccc5c4)c3)cc2)cc1.FC(F)(F)c1cc(C(F)(F)F)[n-]n1.FC(F)(F)c1cc(C(F)(F)F)[n-]n1.[Cu+].[Cu+]. The zero-order valence-electron chi connectivity index (χ0n) is 54.3. The van der Waals surface area contributed by atoms with Gasteiger partial charge in [0.25, 0.3) is 0 Å². The molecular weight excluding hydrogens is 1430 g/mol. The fourth-order valence-electron chi connectivity index (χ4n) is 10.6. The molecule has 524 valence electrons. The number of halogens is 12. The Morgan fingerprint density at radius 1 is 0.275 bits per heavy atom. The maximum absolute atomic E-state index is 11.7.